The average Bonchev–Trinajstić information content (AvgIpc) is 3.48. The third kappa shape index (κ3) is 3.20. The minimum atomic E-state index is -0.0233. The molecule has 5 rings (SSSR count). The molecule has 1 aliphatic carbocycles. The van der Waals surface area contributed by atoms with Gasteiger partial charge in [-0.1, -0.05) is 0 Å². The Kier molecular flexibility index (Phi) is 4.37. The number of urea groups is 1. The number of anilines is 2. The fourth-order valence-electron chi connectivity index (χ4n) is 4.87. The van der Waals surface area contributed by atoms with E-state index in [1.807, 2.05) is 35.0 Å². The van der Waals surface area contributed by atoms with Crippen LogP contribution in [0.25, 0.3) is 11.0 Å². The van der Waals surface area contributed by atoms with E-state index >= 15 is 0 Å². The first kappa shape index (κ1) is 18.0. The fourth-order valence-corrected chi connectivity index (χ4v) is 4.87. The Hall–Kier alpha value is -3.10. The van der Waals surface area contributed by atoms with Crippen LogP contribution in [0.3, 0.4) is 0 Å². The van der Waals surface area contributed by atoms with E-state index in [-0.39, 0.29) is 6.03 Å². The topological polar surface area (TPSA) is 95.0 Å². The molecule has 9 nitrogen and oxygen atoms in total. The number of likely N-dealkylation sites (tertiary alicyclic amines) is 1. The van der Waals surface area contributed by atoms with E-state index in [9.17, 15) is 4.79 Å². The SMILES string of the molecule is CCn1cc(NC(=O)N2CC3C[C@@H](N(C)c4ncnc5[nH]ccc45)C[C@@H]3C2)cn1. The molecule has 2 N–H and O–H groups in total. The Morgan fingerprint density at radius 2 is 2.10 bits per heavy atom. The van der Waals surface area contributed by atoms with Gasteiger partial charge in [0.2, 0.25) is 0 Å². The molecule has 9 heteroatoms. The van der Waals surface area contributed by atoms with Crippen molar-refractivity contribution >= 4 is 28.6 Å². The summed E-state index contributed by atoms with van der Waals surface area (Å²) in [4.78, 5) is 28.9. The smallest absolute Gasteiger partial charge is 0.321 e. The van der Waals surface area contributed by atoms with Crippen molar-refractivity contribution in [3.05, 3.63) is 31.0 Å². The monoisotopic (exact) mass is 394 g/mol. The van der Waals surface area contributed by atoms with Crippen molar-refractivity contribution in [2.75, 3.05) is 30.4 Å². The van der Waals surface area contributed by atoms with Crippen molar-refractivity contribution in [3.63, 3.8) is 0 Å². The number of hydrogen-bond acceptors (Lipinski definition) is 5. The molecule has 152 valence electrons. The molecule has 0 bridgehead atoms. The lowest BCUT2D eigenvalue weighted by Gasteiger charge is -2.28. The maximum atomic E-state index is 12.6. The number of fused-ring (bicyclic) bond motifs is 2. The predicted octanol–water partition coefficient (Wildman–Crippen LogP) is 2.55. The van der Waals surface area contributed by atoms with Gasteiger partial charge in [-0.15, -0.1) is 0 Å². The zero-order valence-corrected chi connectivity index (χ0v) is 16.7. The van der Waals surface area contributed by atoms with Crippen LogP contribution in [0.1, 0.15) is 19.8 Å². The van der Waals surface area contributed by atoms with Crippen molar-refractivity contribution in [1.82, 2.24) is 29.6 Å². The first-order chi connectivity index (χ1) is 14.1. The van der Waals surface area contributed by atoms with Gasteiger partial charge >= 0.3 is 6.03 Å². The van der Waals surface area contributed by atoms with Gasteiger partial charge in [-0.2, -0.15) is 5.10 Å². The first-order valence-corrected chi connectivity index (χ1v) is 10.2. The van der Waals surface area contributed by atoms with Gasteiger partial charge in [0.1, 0.15) is 17.8 Å². The maximum absolute atomic E-state index is 12.6. The minimum Gasteiger partial charge on any atom is -0.356 e. The van der Waals surface area contributed by atoms with E-state index in [1.165, 1.54) is 0 Å². The number of carbonyl (C=O) groups excluding carboxylic acids is 1. The number of nitrogens with one attached hydrogen (secondary N) is 2. The van der Waals surface area contributed by atoms with Crippen molar-refractivity contribution < 1.29 is 4.79 Å². The Morgan fingerprint density at radius 1 is 1.31 bits per heavy atom. The molecule has 1 saturated heterocycles. The van der Waals surface area contributed by atoms with Crippen molar-refractivity contribution in [2.45, 2.75) is 32.4 Å². The molecule has 1 saturated carbocycles. The number of aromatic nitrogens is 5. The highest BCUT2D eigenvalue weighted by molar-refractivity contribution is 5.89. The van der Waals surface area contributed by atoms with Gasteiger partial charge in [0, 0.05) is 45.1 Å². The third-order valence-corrected chi connectivity index (χ3v) is 6.44. The molecule has 1 aliphatic heterocycles. The van der Waals surface area contributed by atoms with Gasteiger partial charge < -0.3 is 20.1 Å². The predicted molar refractivity (Wildman–Crippen MR) is 111 cm³/mol. The Balaban J connectivity index is 1.21. The molecule has 0 aromatic carbocycles. The highest BCUT2D eigenvalue weighted by Gasteiger charge is 2.44. The molecule has 3 aromatic heterocycles. The number of carbonyl (C=O) groups is 1. The molecule has 2 fully saturated rings. The van der Waals surface area contributed by atoms with Crippen LogP contribution in [0.15, 0.2) is 31.0 Å². The van der Waals surface area contributed by atoms with Crippen LogP contribution in [-0.4, -0.2) is 61.8 Å². The molecular weight excluding hydrogens is 368 g/mol. The van der Waals surface area contributed by atoms with Crippen LogP contribution < -0.4 is 10.2 Å². The second kappa shape index (κ2) is 7.06. The summed E-state index contributed by atoms with van der Waals surface area (Å²) in [5.74, 6) is 2.05. The number of hydrogen-bond donors (Lipinski definition) is 2. The second-order valence-corrected chi connectivity index (χ2v) is 8.11. The highest BCUT2D eigenvalue weighted by Crippen LogP contribution is 2.41. The second-order valence-electron chi connectivity index (χ2n) is 8.11. The van der Waals surface area contributed by atoms with Crippen molar-refractivity contribution in [3.8, 4) is 0 Å². The molecule has 0 radical (unpaired) electrons. The summed E-state index contributed by atoms with van der Waals surface area (Å²) in [5.41, 5.74) is 1.63. The lowest BCUT2D eigenvalue weighted by molar-refractivity contribution is 0.218. The van der Waals surface area contributed by atoms with Crippen molar-refractivity contribution in [2.24, 2.45) is 11.8 Å². The van der Waals surface area contributed by atoms with Gasteiger partial charge in [-0.05, 0) is 37.7 Å². The maximum Gasteiger partial charge on any atom is 0.321 e. The Bertz CT molecular complexity index is 1010. The molecule has 2 aliphatic rings. The van der Waals surface area contributed by atoms with E-state index in [1.54, 1.807) is 12.5 Å². The molecule has 0 spiro atoms. The minimum absolute atomic E-state index is 0.0233. The quantitative estimate of drug-likeness (QED) is 0.709. The highest BCUT2D eigenvalue weighted by atomic mass is 16.2. The van der Waals surface area contributed by atoms with E-state index < -0.39 is 0 Å². The van der Waals surface area contributed by atoms with Crippen molar-refractivity contribution in [1.29, 1.82) is 0 Å². The molecule has 2 amide bonds. The molecular formula is C20H26N8O. The Labute approximate surface area is 169 Å². The lowest BCUT2D eigenvalue weighted by atomic mass is 10.0. The fraction of sp³-hybridized carbons (Fsp3) is 0.500. The average molecular weight is 394 g/mol. The standard InChI is InChI=1S/C20H26N8O/c1-3-28-11-15(8-24-28)25-20(29)27-9-13-6-16(7-14(13)10-27)26(2)19-17-4-5-21-18(17)22-12-23-19/h4-5,8,11-14,16H,3,6-7,9-10H2,1-2H3,(H,25,29)(H,21,22,23)/t13-,14?,16+/m1/s1. The van der Waals surface area contributed by atoms with Crippen LogP contribution in [0.2, 0.25) is 0 Å². The van der Waals surface area contributed by atoms with Crippen LogP contribution in [-0.2, 0) is 6.54 Å². The van der Waals surface area contributed by atoms with Gasteiger partial charge in [0.15, 0.2) is 0 Å². The largest absolute Gasteiger partial charge is 0.356 e. The summed E-state index contributed by atoms with van der Waals surface area (Å²) in [5, 5.41) is 8.25. The van der Waals surface area contributed by atoms with E-state index in [2.05, 4.69) is 37.3 Å². The number of rotatable bonds is 4. The number of nitrogens with zero attached hydrogens (tertiary/aromatic N) is 6. The van der Waals surface area contributed by atoms with Gasteiger partial charge in [0.05, 0.1) is 17.3 Å². The normalized spacial score (nSPS) is 23.5. The molecule has 3 atom stereocenters. The van der Waals surface area contributed by atoms with Gasteiger partial charge in [-0.3, -0.25) is 4.68 Å². The zero-order valence-electron chi connectivity index (χ0n) is 16.7. The number of H-pyrrole nitrogens is 1. The molecule has 1 unspecified atom stereocenters. The summed E-state index contributed by atoms with van der Waals surface area (Å²) in [6, 6.07) is 2.44. The molecule has 4 heterocycles. The van der Waals surface area contributed by atoms with Crippen LogP contribution in [0.5, 0.6) is 0 Å². The molecule has 29 heavy (non-hydrogen) atoms. The van der Waals surface area contributed by atoms with Crippen LogP contribution in [0, 0.1) is 11.8 Å². The summed E-state index contributed by atoms with van der Waals surface area (Å²) in [7, 11) is 2.12. The van der Waals surface area contributed by atoms with Crippen LogP contribution in [0.4, 0.5) is 16.3 Å². The summed E-state index contributed by atoms with van der Waals surface area (Å²) < 4.78 is 1.81. The number of aryl methyl sites for hydroxylation is 1. The molecule has 3 aromatic rings. The Morgan fingerprint density at radius 3 is 2.83 bits per heavy atom. The lowest BCUT2D eigenvalue weighted by Crippen LogP contribution is -2.36. The van der Waals surface area contributed by atoms with E-state index in [0.29, 0.717) is 17.9 Å². The van der Waals surface area contributed by atoms with Gasteiger partial charge in [0.25, 0.3) is 0 Å². The zero-order chi connectivity index (χ0) is 20.0. The van der Waals surface area contributed by atoms with Gasteiger partial charge in [-0.25, -0.2) is 14.8 Å². The van der Waals surface area contributed by atoms with E-state index in [4.69, 9.17) is 0 Å². The van der Waals surface area contributed by atoms with Crippen LogP contribution >= 0.6 is 0 Å². The summed E-state index contributed by atoms with van der Waals surface area (Å²) in [6.45, 7) is 4.44. The first-order valence-electron chi connectivity index (χ1n) is 10.2. The summed E-state index contributed by atoms with van der Waals surface area (Å²) >= 11 is 0. The third-order valence-electron chi connectivity index (χ3n) is 6.44. The summed E-state index contributed by atoms with van der Waals surface area (Å²) in [6.07, 6.45) is 9.24. The number of aromatic amines is 1. The van der Waals surface area contributed by atoms with E-state index in [0.717, 1.165) is 55.0 Å². The number of amides is 2.